The molecule has 3 nitrogen and oxygen atoms in total. The number of benzene rings is 1. The zero-order valence-corrected chi connectivity index (χ0v) is 11.7. The van der Waals surface area contributed by atoms with E-state index in [9.17, 15) is 0 Å². The molecule has 1 aromatic heterocycles. The minimum Gasteiger partial charge on any atom is -0.487 e. The third-order valence-corrected chi connectivity index (χ3v) is 3.29. The Morgan fingerprint density at radius 2 is 2.33 bits per heavy atom. The van der Waals surface area contributed by atoms with Gasteiger partial charge in [-0.2, -0.15) is 0 Å². The summed E-state index contributed by atoms with van der Waals surface area (Å²) in [5.41, 5.74) is 9.59. The molecule has 0 fully saturated rings. The lowest BCUT2D eigenvalue weighted by Gasteiger charge is -2.12. The summed E-state index contributed by atoms with van der Waals surface area (Å²) in [5.74, 6) is 0.824. The topological polar surface area (TPSA) is 48.1 Å². The van der Waals surface area contributed by atoms with Gasteiger partial charge >= 0.3 is 0 Å². The summed E-state index contributed by atoms with van der Waals surface area (Å²) in [4.78, 5) is 4.18. The van der Waals surface area contributed by atoms with Crippen LogP contribution >= 0.6 is 22.9 Å². The van der Waals surface area contributed by atoms with Gasteiger partial charge in [-0.3, -0.25) is 0 Å². The van der Waals surface area contributed by atoms with E-state index in [1.165, 1.54) is 0 Å². The van der Waals surface area contributed by atoms with Crippen LogP contribution < -0.4 is 10.5 Å². The van der Waals surface area contributed by atoms with Crippen LogP contribution in [-0.4, -0.2) is 11.0 Å². The number of halogens is 1. The fraction of sp³-hybridized carbons (Fsp3) is 0.308. The van der Waals surface area contributed by atoms with Crippen molar-refractivity contribution in [3.8, 4) is 5.75 Å². The van der Waals surface area contributed by atoms with Gasteiger partial charge in [-0.05, 0) is 37.1 Å². The van der Waals surface area contributed by atoms with Crippen LogP contribution in [0.2, 0.25) is 5.02 Å². The number of hydrogen-bond donors (Lipinski definition) is 1. The first-order valence-electron chi connectivity index (χ1n) is 5.69. The number of ether oxygens (including phenoxy) is 1. The molecule has 1 heterocycles. The molecule has 0 aliphatic carbocycles. The van der Waals surface area contributed by atoms with Crippen LogP contribution in [-0.2, 0) is 13.0 Å². The molecule has 0 bridgehead atoms. The SMILES string of the molecule is CC(N)Cc1cc(Cl)ccc1OCc1cscn1. The Morgan fingerprint density at radius 1 is 1.50 bits per heavy atom. The predicted molar refractivity (Wildman–Crippen MR) is 75.3 cm³/mol. The molecule has 5 heteroatoms. The summed E-state index contributed by atoms with van der Waals surface area (Å²) in [6, 6.07) is 5.68. The maximum absolute atomic E-state index is 5.99. The van der Waals surface area contributed by atoms with E-state index in [1.54, 1.807) is 16.8 Å². The summed E-state index contributed by atoms with van der Waals surface area (Å²) in [6.07, 6.45) is 0.743. The Balaban J connectivity index is 2.10. The Bertz CT molecular complexity index is 500. The lowest BCUT2D eigenvalue weighted by atomic mass is 10.1. The van der Waals surface area contributed by atoms with Crippen LogP contribution in [0.1, 0.15) is 18.2 Å². The smallest absolute Gasteiger partial charge is 0.131 e. The number of rotatable bonds is 5. The van der Waals surface area contributed by atoms with Gasteiger partial charge in [-0.1, -0.05) is 11.6 Å². The fourth-order valence-electron chi connectivity index (χ4n) is 1.66. The van der Waals surface area contributed by atoms with E-state index in [-0.39, 0.29) is 6.04 Å². The highest BCUT2D eigenvalue weighted by Gasteiger charge is 2.08. The van der Waals surface area contributed by atoms with Crippen molar-refractivity contribution < 1.29 is 4.74 Å². The van der Waals surface area contributed by atoms with Crippen LogP contribution in [0.3, 0.4) is 0 Å². The molecule has 2 rings (SSSR count). The number of nitrogens with zero attached hydrogens (tertiary/aromatic N) is 1. The minimum absolute atomic E-state index is 0.0742. The van der Waals surface area contributed by atoms with E-state index < -0.39 is 0 Å². The molecule has 96 valence electrons. The molecule has 0 saturated carbocycles. The first kappa shape index (κ1) is 13.3. The highest BCUT2D eigenvalue weighted by atomic mass is 35.5. The van der Waals surface area contributed by atoms with E-state index in [0.717, 1.165) is 23.4 Å². The molecule has 2 N–H and O–H groups in total. The average Bonchev–Trinajstić information content (AvgIpc) is 2.80. The van der Waals surface area contributed by atoms with Crippen molar-refractivity contribution in [1.29, 1.82) is 0 Å². The van der Waals surface area contributed by atoms with Gasteiger partial charge < -0.3 is 10.5 Å². The summed E-state index contributed by atoms with van der Waals surface area (Å²) in [6.45, 7) is 2.43. The Hall–Kier alpha value is -1.10. The normalized spacial score (nSPS) is 12.4. The predicted octanol–water partition coefficient (Wildman–Crippen LogP) is 3.27. The molecule has 1 aromatic carbocycles. The van der Waals surface area contributed by atoms with Crippen molar-refractivity contribution in [3.05, 3.63) is 45.4 Å². The van der Waals surface area contributed by atoms with Gasteiger partial charge in [0.25, 0.3) is 0 Å². The Morgan fingerprint density at radius 3 is 3.00 bits per heavy atom. The largest absolute Gasteiger partial charge is 0.487 e. The Kier molecular flexibility index (Phi) is 4.58. The molecule has 1 atom stereocenters. The van der Waals surface area contributed by atoms with Gasteiger partial charge in [0.2, 0.25) is 0 Å². The van der Waals surface area contributed by atoms with Crippen molar-refractivity contribution in [2.45, 2.75) is 26.0 Å². The molecule has 0 radical (unpaired) electrons. The van der Waals surface area contributed by atoms with Crippen LogP contribution in [0.25, 0.3) is 0 Å². The third kappa shape index (κ3) is 3.70. The lowest BCUT2D eigenvalue weighted by Crippen LogP contribution is -2.18. The van der Waals surface area contributed by atoms with E-state index in [4.69, 9.17) is 22.1 Å². The van der Waals surface area contributed by atoms with Gasteiger partial charge in [0.1, 0.15) is 12.4 Å². The molecule has 0 aliphatic heterocycles. The average molecular weight is 283 g/mol. The van der Waals surface area contributed by atoms with Gasteiger partial charge in [-0.15, -0.1) is 11.3 Å². The van der Waals surface area contributed by atoms with Crippen molar-refractivity contribution >= 4 is 22.9 Å². The summed E-state index contributed by atoms with van der Waals surface area (Å²) in [5, 5.41) is 2.67. The fourth-order valence-corrected chi connectivity index (χ4v) is 2.39. The first-order valence-corrected chi connectivity index (χ1v) is 7.01. The van der Waals surface area contributed by atoms with Gasteiger partial charge in [-0.25, -0.2) is 4.98 Å². The van der Waals surface area contributed by atoms with Crippen molar-refractivity contribution in [1.82, 2.24) is 4.98 Å². The van der Waals surface area contributed by atoms with Crippen molar-refractivity contribution in [2.24, 2.45) is 5.73 Å². The Labute approximate surface area is 116 Å². The van der Waals surface area contributed by atoms with E-state index in [1.807, 2.05) is 30.5 Å². The molecule has 1 unspecified atom stereocenters. The maximum atomic E-state index is 5.99. The highest BCUT2D eigenvalue weighted by molar-refractivity contribution is 7.07. The minimum atomic E-state index is 0.0742. The molecular weight excluding hydrogens is 268 g/mol. The highest BCUT2D eigenvalue weighted by Crippen LogP contribution is 2.24. The van der Waals surface area contributed by atoms with Crippen molar-refractivity contribution in [3.63, 3.8) is 0 Å². The standard InChI is InChI=1S/C13H15ClN2OS/c1-9(15)4-10-5-11(14)2-3-13(10)17-6-12-7-18-8-16-12/h2-3,5,7-9H,4,6,15H2,1H3. The number of thiazole rings is 1. The molecule has 0 aliphatic rings. The van der Waals surface area contributed by atoms with Crippen LogP contribution in [0.15, 0.2) is 29.1 Å². The van der Waals surface area contributed by atoms with Gasteiger partial charge in [0.05, 0.1) is 11.2 Å². The summed E-state index contributed by atoms with van der Waals surface area (Å²) >= 11 is 7.55. The molecule has 2 aromatic rings. The van der Waals surface area contributed by atoms with Crippen LogP contribution in [0.5, 0.6) is 5.75 Å². The van der Waals surface area contributed by atoms with Gasteiger partial charge in [0, 0.05) is 16.4 Å². The molecular formula is C13H15ClN2OS. The van der Waals surface area contributed by atoms with Crippen molar-refractivity contribution in [2.75, 3.05) is 0 Å². The monoisotopic (exact) mass is 282 g/mol. The molecule has 0 amide bonds. The second-order valence-corrected chi connectivity index (χ2v) is 5.36. The van der Waals surface area contributed by atoms with E-state index in [0.29, 0.717) is 11.6 Å². The number of aromatic nitrogens is 1. The first-order chi connectivity index (χ1) is 8.65. The van der Waals surface area contributed by atoms with Crippen LogP contribution in [0, 0.1) is 0 Å². The number of nitrogens with two attached hydrogens (primary N) is 1. The zero-order valence-electron chi connectivity index (χ0n) is 10.1. The quantitative estimate of drug-likeness (QED) is 0.916. The second kappa shape index (κ2) is 6.18. The second-order valence-electron chi connectivity index (χ2n) is 4.20. The van der Waals surface area contributed by atoms with E-state index >= 15 is 0 Å². The van der Waals surface area contributed by atoms with Crippen LogP contribution in [0.4, 0.5) is 0 Å². The third-order valence-electron chi connectivity index (χ3n) is 2.42. The molecule has 0 spiro atoms. The number of hydrogen-bond acceptors (Lipinski definition) is 4. The zero-order chi connectivity index (χ0) is 13.0. The molecule has 0 saturated heterocycles. The van der Waals surface area contributed by atoms with E-state index in [2.05, 4.69) is 4.98 Å². The maximum Gasteiger partial charge on any atom is 0.131 e. The summed E-state index contributed by atoms with van der Waals surface area (Å²) < 4.78 is 5.77. The van der Waals surface area contributed by atoms with Gasteiger partial charge in [0.15, 0.2) is 0 Å². The molecule has 18 heavy (non-hydrogen) atoms. The lowest BCUT2D eigenvalue weighted by molar-refractivity contribution is 0.298. The summed E-state index contributed by atoms with van der Waals surface area (Å²) in [7, 11) is 0.